The third kappa shape index (κ3) is 4.14. The van der Waals surface area contributed by atoms with Crippen molar-refractivity contribution in [1.82, 2.24) is 0 Å². The Morgan fingerprint density at radius 1 is 1.42 bits per heavy atom. The summed E-state index contributed by atoms with van der Waals surface area (Å²) < 4.78 is 4.99. The number of ether oxygens (including phenoxy) is 1. The van der Waals surface area contributed by atoms with Crippen molar-refractivity contribution in [1.29, 1.82) is 10.7 Å². The number of nitriles is 1. The van der Waals surface area contributed by atoms with Gasteiger partial charge in [0.05, 0.1) is 12.0 Å². The molecule has 0 unspecified atom stereocenters. The number of para-hydroxylation sites is 1. The number of carbonyl (C=O) groups excluding carboxylic acids is 3. The van der Waals surface area contributed by atoms with Crippen LogP contribution in [0.1, 0.15) is 25.8 Å². The number of anilines is 1. The first-order valence-corrected chi connectivity index (χ1v) is 8.41. The molecular weight excluding hydrogens is 334 g/mol. The van der Waals surface area contributed by atoms with Crippen LogP contribution in [-0.2, 0) is 25.5 Å². The second kappa shape index (κ2) is 8.39. The molecular formula is C19H21N3O4. The van der Waals surface area contributed by atoms with Crippen LogP contribution in [0.4, 0.5) is 5.69 Å². The van der Waals surface area contributed by atoms with Crippen LogP contribution in [0.5, 0.6) is 0 Å². The minimum atomic E-state index is -1.21. The molecule has 1 heterocycles. The van der Waals surface area contributed by atoms with Crippen molar-refractivity contribution in [3.05, 3.63) is 29.8 Å². The fourth-order valence-electron chi connectivity index (χ4n) is 2.93. The topological polar surface area (TPSA) is 111 Å². The van der Waals surface area contributed by atoms with Crippen molar-refractivity contribution in [2.24, 2.45) is 11.8 Å². The molecule has 1 aromatic rings. The summed E-state index contributed by atoms with van der Waals surface area (Å²) in [7, 11) is 0. The van der Waals surface area contributed by atoms with Gasteiger partial charge in [0.1, 0.15) is 5.92 Å². The Bertz CT molecular complexity index is 781. The van der Waals surface area contributed by atoms with Crippen LogP contribution < -0.4 is 4.90 Å². The second-order valence-electron chi connectivity index (χ2n) is 6.21. The summed E-state index contributed by atoms with van der Waals surface area (Å²) >= 11 is 0. The van der Waals surface area contributed by atoms with Crippen LogP contribution in [0, 0.1) is 28.6 Å². The molecule has 1 fully saturated rings. The quantitative estimate of drug-likeness (QED) is 0.593. The van der Waals surface area contributed by atoms with E-state index < -0.39 is 30.2 Å². The highest BCUT2D eigenvalue weighted by molar-refractivity contribution is 6.06. The number of aryl methyl sites for hydroxylation is 1. The maximum atomic E-state index is 12.3. The number of amides is 1. The number of hydrogen-bond acceptors (Lipinski definition) is 6. The fraction of sp³-hybridized carbons (Fsp3) is 0.421. The van der Waals surface area contributed by atoms with Gasteiger partial charge in [0.25, 0.3) is 0 Å². The maximum absolute atomic E-state index is 12.3. The van der Waals surface area contributed by atoms with E-state index in [4.69, 9.17) is 15.4 Å². The molecule has 1 aromatic carbocycles. The number of Topliss-reactive ketones (excluding diaryl/α,β-unsaturated/α-hetero) is 1. The molecule has 7 heteroatoms. The molecule has 136 valence electrons. The van der Waals surface area contributed by atoms with Gasteiger partial charge in [-0.05, 0) is 25.0 Å². The molecule has 0 spiro atoms. The van der Waals surface area contributed by atoms with E-state index in [1.807, 2.05) is 31.2 Å². The van der Waals surface area contributed by atoms with Gasteiger partial charge in [-0.2, -0.15) is 5.26 Å². The molecule has 26 heavy (non-hydrogen) atoms. The molecule has 2 rings (SSSR count). The Kier molecular flexibility index (Phi) is 6.23. The summed E-state index contributed by atoms with van der Waals surface area (Å²) in [6.07, 6.45) is 0.790. The largest absolute Gasteiger partial charge is 0.457 e. The highest BCUT2D eigenvalue weighted by Gasteiger charge is 2.37. The van der Waals surface area contributed by atoms with Crippen LogP contribution in [0.25, 0.3) is 0 Å². The molecule has 1 aliphatic rings. The predicted octanol–water partition coefficient (Wildman–Crippen LogP) is 1.89. The van der Waals surface area contributed by atoms with E-state index in [9.17, 15) is 14.4 Å². The van der Waals surface area contributed by atoms with Gasteiger partial charge in [-0.15, -0.1) is 0 Å². The van der Waals surface area contributed by atoms with Crippen LogP contribution in [-0.4, -0.2) is 36.5 Å². The van der Waals surface area contributed by atoms with E-state index in [-0.39, 0.29) is 24.6 Å². The van der Waals surface area contributed by atoms with Crippen molar-refractivity contribution in [2.75, 3.05) is 18.1 Å². The molecule has 1 aliphatic heterocycles. The van der Waals surface area contributed by atoms with E-state index in [1.54, 1.807) is 11.0 Å². The SMILES string of the molecule is CCc1ccccc1N1C[C@@H](C(=O)OCC(=O)[C@@H](C#N)C(C)=N)CC1=O. The smallest absolute Gasteiger partial charge is 0.311 e. The Morgan fingerprint density at radius 2 is 2.12 bits per heavy atom. The van der Waals surface area contributed by atoms with E-state index in [2.05, 4.69) is 0 Å². The predicted molar refractivity (Wildman–Crippen MR) is 94.7 cm³/mol. The molecule has 2 atom stereocenters. The van der Waals surface area contributed by atoms with E-state index in [0.29, 0.717) is 0 Å². The summed E-state index contributed by atoms with van der Waals surface area (Å²) in [6, 6.07) is 9.24. The Morgan fingerprint density at radius 3 is 2.73 bits per heavy atom. The minimum Gasteiger partial charge on any atom is -0.457 e. The van der Waals surface area contributed by atoms with Crippen LogP contribution >= 0.6 is 0 Å². The third-order valence-corrected chi connectivity index (χ3v) is 4.36. The van der Waals surface area contributed by atoms with E-state index in [1.165, 1.54) is 6.92 Å². The van der Waals surface area contributed by atoms with Gasteiger partial charge < -0.3 is 15.0 Å². The van der Waals surface area contributed by atoms with E-state index >= 15 is 0 Å². The van der Waals surface area contributed by atoms with Gasteiger partial charge in [0.15, 0.2) is 12.4 Å². The Hall–Kier alpha value is -3.01. The number of ketones is 1. The molecule has 0 aromatic heterocycles. The van der Waals surface area contributed by atoms with Gasteiger partial charge in [0, 0.05) is 24.4 Å². The zero-order chi connectivity index (χ0) is 19.3. The molecule has 7 nitrogen and oxygen atoms in total. The van der Waals surface area contributed by atoms with Crippen molar-refractivity contribution in [2.45, 2.75) is 26.7 Å². The average molecular weight is 355 g/mol. The normalized spacial score (nSPS) is 17.5. The second-order valence-corrected chi connectivity index (χ2v) is 6.21. The molecule has 1 amide bonds. The standard InChI is InChI=1S/C19H21N3O4/c1-3-13-6-4-5-7-16(13)22-10-14(8-18(22)24)19(25)26-11-17(23)15(9-20)12(2)21/h4-7,14-15,21H,3,8,10-11H2,1-2H3/t14-,15-/m0/s1. The first kappa shape index (κ1) is 19.3. The summed E-state index contributed by atoms with van der Waals surface area (Å²) in [4.78, 5) is 38.0. The van der Waals surface area contributed by atoms with Crippen molar-refractivity contribution in [3.8, 4) is 6.07 Å². The number of rotatable bonds is 7. The zero-order valence-corrected chi connectivity index (χ0v) is 14.8. The highest BCUT2D eigenvalue weighted by atomic mass is 16.5. The Labute approximate surface area is 152 Å². The lowest BCUT2D eigenvalue weighted by Crippen LogP contribution is -2.29. The number of hydrogen-bond donors (Lipinski definition) is 1. The number of nitrogens with zero attached hydrogens (tertiary/aromatic N) is 2. The minimum absolute atomic E-state index is 0.0242. The number of nitrogens with one attached hydrogen (secondary N) is 1. The van der Waals surface area contributed by atoms with Crippen LogP contribution in [0.2, 0.25) is 0 Å². The number of esters is 1. The van der Waals surface area contributed by atoms with Gasteiger partial charge in [0.2, 0.25) is 5.91 Å². The Balaban J connectivity index is 2.00. The summed E-state index contributed by atoms with van der Waals surface area (Å²) in [5.41, 5.74) is 1.71. The summed E-state index contributed by atoms with van der Waals surface area (Å²) in [6.45, 7) is 2.98. The van der Waals surface area contributed by atoms with E-state index in [0.717, 1.165) is 17.7 Å². The van der Waals surface area contributed by atoms with Crippen molar-refractivity contribution >= 4 is 29.1 Å². The molecule has 0 aliphatic carbocycles. The maximum Gasteiger partial charge on any atom is 0.311 e. The van der Waals surface area contributed by atoms with Crippen molar-refractivity contribution in [3.63, 3.8) is 0 Å². The number of carbonyl (C=O) groups is 3. The molecule has 0 saturated carbocycles. The van der Waals surface area contributed by atoms with Gasteiger partial charge in [-0.1, -0.05) is 25.1 Å². The lowest BCUT2D eigenvalue weighted by Gasteiger charge is -2.19. The van der Waals surface area contributed by atoms with Gasteiger partial charge in [-0.3, -0.25) is 14.4 Å². The zero-order valence-electron chi connectivity index (χ0n) is 14.8. The molecule has 1 N–H and O–H groups in total. The highest BCUT2D eigenvalue weighted by Crippen LogP contribution is 2.29. The first-order valence-electron chi connectivity index (χ1n) is 8.41. The monoisotopic (exact) mass is 355 g/mol. The lowest BCUT2D eigenvalue weighted by atomic mass is 10.0. The van der Waals surface area contributed by atoms with Crippen molar-refractivity contribution < 1.29 is 19.1 Å². The molecule has 0 radical (unpaired) electrons. The number of benzene rings is 1. The van der Waals surface area contributed by atoms with Crippen LogP contribution in [0.3, 0.4) is 0 Å². The van der Waals surface area contributed by atoms with Crippen LogP contribution in [0.15, 0.2) is 24.3 Å². The van der Waals surface area contributed by atoms with Gasteiger partial charge >= 0.3 is 5.97 Å². The summed E-state index contributed by atoms with van der Waals surface area (Å²) in [5, 5.41) is 16.3. The molecule has 0 bridgehead atoms. The average Bonchev–Trinajstić information content (AvgIpc) is 3.01. The first-order chi connectivity index (χ1) is 12.4. The third-order valence-electron chi connectivity index (χ3n) is 4.36. The van der Waals surface area contributed by atoms with Gasteiger partial charge in [-0.25, -0.2) is 0 Å². The molecule has 1 saturated heterocycles. The fourth-order valence-corrected chi connectivity index (χ4v) is 2.93. The lowest BCUT2D eigenvalue weighted by molar-refractivity contribution is -0.152. The summed E-state index contributed by atoms with van der Waals surface area (Å²) in [5.74, 6) is -3.29.